The highest BCUT2D eigenvalue weighted by Gasteiger charge is 2.60. The van der Waals surface area contributed by atoms with Crippen molar-refractivity contribution in [2.45, 2.75) is 85.3 Å². The van der Waals surface area contributed by atoms with Crippen LogP contribution in [0.2, 0.25) is 0 Å². The van der Waals surface area contributed by atoms with Crippen LogP contribution in [0.3, 0.4) is 0 Å². The summed E-state index contributed by atoms with van der Waals surface area (Å²) >= 11 is 0.950. The fourth-order valence-corrected chi connectivity index (χ4v) is 6.08. The van der Waals surface area contributed by atoms with E-state index in [1.807, 2.05) is 13.8 Å². The van der Waals surface area contributed by atoms with Gasteiger partial charge in [0.2, 0.25) is 6.23 Å². The van der Waals surface area contributed by atoms with Crippen LogP contribution in [0.4, 0.5) is 8.78 Å². The number of esters is 1. The van der Waals surface area contributed by atoms with Crippen molar-refractivity contribution < 1.29 is 46.6 Å². The average molecular weight is 628 g/mol. The molecule has 41 heavy (non-hydrogen) atoms. The molecule has 0 aromatic carbocycles. The number of aliphatic hydroxyl groups is 1. The molecule has 2 N–H and O–H groups in total. The molecule has 1 saturated heterocycles. The van der Waals surface area contributed by atoms with E-state index in [1.165, 1.54) is 13.0 Å². The van der Waals surface area contributed by atoms with Crippen LogP contribution in [0.15, 0.2) is 17.1 Å². The maximum atomic E-state index is 15.0. The van der Waals surface area contributed by atoms with Gasteiger partial charge in [-0.3, -0.25) is 23.2 Å². The van der Waals surface area contributed by atoms with Gasteiger partial charge in [-0.15, -0.1) is 0 Å². The number of rotatable bonds is 14. The number of aromatic nitrogens is 2. The maximum absolute atomic E-state index is 15.0. The molecule has 1 aliphatic rings. The van der Waals surface area contributed by atoms with E-state index >= 15 is 0 Å². The Morgan fingerprint density at radius 1 is 1.32 bits per heavy atom. The molecule has 0 amide bonds. The molecule has 0 bridgehead atoms. The largest absolute Gasteiger partial charge is 0.465 e. The Morgan fingerprint density at radius 3 is 2.54 bits per heavy atom. The molecule has 16 heteroatoms. The van der Waals surface area contributed by atoms with Gasteiger partial charge < -0.3 is 14.6 Å². The van der Waals surface area contributed by atoms with Gasteiger partial charge in [0, 0.05) is 23.1 Å². The second-order valence-electron chi connectivity index (χ2n) is 11.0. The highest BCUT2D eigenvalue weighted by molar-refractivity contribution is 8.13. The average Bonchev–Trinajstić information content (AvgIpc) is 3.07. The number of hydrogen-bond donors (Lipinski definition) is 2. The molecule has 5 atom stereocenters. The topological polar surface area (TPSA) is 155 Å². The highest BCUT2D eigenvalue weighted by atomic mass is 32.2. The molecule has 234 valence electrons. The monoisotopic (exact) mass is 627 g/mol. The quantitative estimate of drug-likeness (QED) is 0.176. The predicted molar refractivity (Wildman–Crippen MR) is 148 cm³/mol. The zero-order chi connectivity index (χ0) is 31.2. The first-order valence-corrected chi connectivity index (χ1v) is 15.7. The van der Waals surface area contributed by atoms with Crippen molar-refractivity contribution in [3.8, 4) is 0 Å². The smallest absolute Gasteiger partial charge is 0.406 e. The number of nitrogens with one attached hydrogen (secondary N) is 1. The number of nitrogens with zero attached hydrogens (tertiary/aromatic N) is 2. The summed E-state index contributed by atoms with van der Waals surface area (Å²) in [5.74, 6) is -4.61. The van der Waals surface area contributed by atoms with Gasteiger partial charge in [0.05, 0.1) is 19.8 Å². The summed E-state index contributed by atoms with van der Waals surface area (Å²) in [6, 6.07) is 0.195. The summed E-state index contributed by atoms with van der Waals surface area (Å²) in [4.78, 5) is 40.6. The van der Waals surface area contributed by atoms with Crippen LogP contribution in [0, 0.1) is 18.3 Å². The van der Waals surface area contributed by atoms with Crippen molar-refractivity contribution in [2.24, 2.45) is 11.3 Å². The van der Waals surface area contributed by atoms with Crippen LogP contribution in [-0.4, -0.2) is 75.5 Å². The SMILES string of the molecule is CCOC(=O)[C@H](CC(C)C)NP(=O)(OCCSC(=O)C(C)(C)C)OC[C@H]1O[C@@H](n2ccc(C)nc2=O)C(F)(F)[C@@H]1O. The number of alkyl halides is 2. The van der Waals surface area contributed by atoms with E-state index in [2.05, 4.69) is 10.1 Å². The minimum Gasteiger partial charge on any atom is -0.465 e. The van der Waals surface area contributed by atoms with Crippen molar-refractivity contribution >= 4 is 30.6 Å². The summed E-state index contributed by atoms with van der Waals surface area (Å²) in [6.45, 7) is 10.9. The van der Waals surface area contributed by atoms with Gasteiger partial charge >= 0.3 is 25.3 Å². The fourth-order valence-electron chi connectivity index (χ4n) is 3.68. The number of thioether (sulfide) groups is 1. The second kappa shape index (κ2) is 14.6. The van der Waals surface area contributed by atoms with Gasteiger partial charge in [0.1, 0.15) is 12.1 Å². The Morgan fingerprint density at radius 2 is 1.98 bits per heavy atom. The van der Waals surface area contributed by atoms with E-state index in [0.717, 1.165) is 18.0 Å². The summed E-state index contributed by atoms with van der Waals surface area (Å²) in [6.07, 6.45) is -5.12. The van der Waals surface area contributed by atoms with E-state index in [-0.39, 0.29) is 36.4 Å². The number of aryl methyl sites for hydroxylation is 1. The minimum atomic E-state index is -4.43. The molecule has 0 radical (unpaired) electrons. The van der Waals surface area contributed by atoms with Gasteiger partial charge in [-0.1, -0.05) is 46.4 Å². The first-order chi connectivity index (χ1) is 18.9. The van der Waals surface area contributed by atoms with Crippen molar-refractivity contribution in [3.63, 3.8) is 0 Å². The Bertz CT molecular complexity index is 1160. The van der Waals surface area contributed by atoms with E-state index < -0.39 is 61.8 Å². The third-order valence-corrected chi connectivity index (χ3v) is 8.68. The zero-order valence-corrected chi connectivity index (χ0v) is 26.0. The van der Waals surface area contributed by atoms with Gasteiger partial charge in [-0.2, -0.15) is 13.8 Å². The Kier molecular flexibility index (Phi) is 12.6. The summed E-state index contributed by atoms with van der Waals surface area (Å²) < 4.78 is 65.5. The van der Waals surface area contributed by atoms with Crippen LogP contribution in [-0.2, 0) is 32.7 Å². The Labute approximate surface area is 242 Å². The molecule has 1 fully saturated rings. The van der Waals surface area contributed by atoms with E-state index in [9.17, 15) is 32.8 Å². The molecule has 0 aliphatic carbocycles. The third kappa shape index (κ3) is 9.91. The molecular weight excluding hydrogens is 587 g/mol. The van der Waals surface area contributed by atoms with Gasteiger partial charge in [0.15, 0.2) is 11.2 Å². The van der Waals surface area contributed by atoms with Gasteiger partial charge in [0.25, 0.3) is 0 Å². The second-order valence-corrected chi connectivity index (χ2v) is 13.8. The number of carbonyl (C=O) groups is 2. The molecule has 1 aromatic heterocycles. The third-order valence-electron chi connectivity index (χ3n) is 5.79. The zero-order valence-electron chi connectivity index (χ0n) is 24.3. The van der Waals surface area contributed by atoms with Crippen LogP contribution < -0.4 is 10.8 Å². The van der Waals surface area contributed by atoms with Crippen molar-refractivity contribution in [2.75, 3.05) is 25.6 Å². The summed E-state index contributed by atoms with van der Waals surface area (Å²) in [5, 5.41) is 12.7. The van der Waals surface area contributed by atoms with Gasteiger partial charge in [-0.05, 0) is 32.3 Å². The number of ether oxygens (including phenoxy) is 2. The lowest BCUT2D eigenvalue weighted by Gasteiger charge is -2.26. The van der Waals surface area contributed by atoms with Crippen molar-refractivity contribution in [1.82, 2.24) is 14.6 Å². The van der Waals surface area contributed by atoms with Crippen LogP contribution >= 0.6 is 19.5 Å². The maximum Gasteiger partial charge on any atom is 0.406 e. The molecule has 1 aromatic rings. The van der Waals surface area contributed by atoms with Crippen LogP contribution in [0.25, 0.3) is 0 Å². The lowest BCUT2D eigenvalue weighted by molar-refractivity contribution is -0.145. The molecule has 1 aliphatic heterocycles. The number of halogens is 2. The number of carbonyl (C=O) groups excluding carboxylic acids is 2. The molecule has 2 rings (SSSR count). The first kappa shape index (κ1) is 35.5. The molecule has 0 saturated carbocycles. The van der Waals surface area contributed by atoms with E-state index in [0.29, 0.717) is 10.3 Å². The molecular formula is C25H40F2N3O9PS. The Hall–Kier alpha value is -1.74. The van der Waals surface area contributed by atoms with E-state index in [1.54, 1.807) is 27.7 Å². The number of hydrogen-bond acceptors (Lipinski definition) is 11. The molecule has 12 nitrogen and oxygen atoms in total. The number of aliphatic hydroxyl groups excluding tert-OH is 1. The normalized spacial score (nSPS) is 22.9. The first-order valence-electron chi connectivity index (χ1n) is 13.2. The predicted octanol–water partition coefficient (Wildman–Crippen LogP) is 3.46. The molecule has 2 heterocycles. The van der Waals surface area contributed by atoms with Crippen LogP contribution in [0.5, 0.6) is 0 Å². The Balaban J connectivity index is 2.24. The van der Waals surface area contributed by atoms with Crippen LogP contribution in [0.1, 0.15) is 59.9 Å². The molecule has 1 unspecified atom stereocenters. The van der Waals surface area contributed by atoms with Crippen molar-refractivity contribution in [3.05, 3.63) is 28.4 Å². The lowest BCUT2D eigenvalue weighted by atomic mass is 10.00. The van der Waals surface area contributed by atoms with Crippen molar-refractivity contribution in [1.29, 1.82) is 0 Å². The van der Waals surface area contributed by atoms with E-state index in [4.69, 9.17) is 18.5 Å². The fraction of sp³-hybridized carbons (Fsp3) is 0.760. The molecule has 0 spiro atoms. The minimum absolute atomic E-state index is 0.0498. The standard InChI is InChI=1S/C25H40F2N3O9PS/c1-8-36-20(32)17(13-15(2)3)29-40(35,37-11-12-41-22(33)24(5,6)7)38-14-18-19(31)25(26,27)21(39-18)30-10-9-16(4)28-23(30)34/h9-10,15,17-19,21,31H,8,11-14H2,1-7H3,(H,29,35)/t17-,18+,19+,21+,40?/m0/s1. The summed E-state index contributed by atoms with van der Waals surface area (Å²) in [5.41, 5.74) is -1.33. The summed E-state index contributed by atoms with van der Waals surface area (Å²) in [7, 11) is -4.43. The lowest BCUT2D eigenvalue weighted by Crippen LogP contribution is -2.42. The highest BCUT2D eigenvalue weighted by Crippen LogP contribution is 2.48. The van der Waals surface area contributed by atoms with Gasteiger partial charge in [-0.25, -0.2) is 14.4 Å².